The van der Waals surface area contributed by atoms with E-state index < -0.39 is 0 Å². The molecule has 0 aliphatic rings. The maximum Gasteiger partial charge on any atom is 0.271 e. The molecular formula is C12H14N6O. The highest BCUT2D eigenvalue weighted by Gasteiger charge is 2.06. The molecule has 0 aromatic carbocycles. The van der Waals surface area contributed by atoms with Crippen molar-refractivity contribution in [2.24, 2.45) is 0 Å². The molecule has 2 aromatic rings. The van der Waals surface area contributed by atoms with Gasteiger partial charge in [0.1, 0.15) is 5.69 Å². The molecule has 2 rings (SSSR count). The lowest BCUT2D eigenvalue weighted by Crippen LogP contribution is -2.29. The van der Waals surface area contributed by atoms with Crippen molar-refractivity contribution in [3.8, 4) is 0 Å². The number of carbonyl (C=O) groups is 1. The highest BCUT2D eigenvalue weighted by molar-refractivity contribution is 5.91. The van der Waals surface area contributed by atoms with E-state index >= 15 is 0 Å². The van der Waals surface area contributed by atoms with Crippen LogP contribution in [0.25, 0.3) is 0 Å². The highest BCUT2D eigenvalue weighted by Crippen LogP contribution is 1.94. The Bertz CT molecular complexity index is 528. The molecular weight excluding hydrogens is 244 g/mol. The molecule has 0 saturated heterocycles. The Labute approximate surface area is 110 Å². The van der Waals surface area contributed by atoms with Crippen molar-refractivity contribution < 1.29 is 4.79 Å². The molecule has 0 aliphatic carbocycles. The summed E-state index contributed by atoms with van der Waals surface area (Å²) in [5.41, 5.74) is 1.08. The molecule has 2 aromatic heterocycles. The zero-order valence-electron chi connectivity index (χ0n) is 10.5. The van der Waals surface area contributed by atoms with Gasteiger partial charge in [-0.15, -0.1) is 0 Å². The Balaban J connectivity index is 1.74. The minimum Gasteiger partial charge on any atom is -0.352 e. The van der Waals surface area contributed by atoms with Gasteiger partial charge in [0.05, 0.1) is 11.9 Å². The second kappa shape index (κ2) is 6.39. The van der Waals surface area contributed by atoms with E-state index in [-0.39, 0.29) is 5.91 Å². The Kier molecular flexibility index (Phi) is 4.33. The fraction of sp³-hybridized carbons (Fsp3) is 0.250. The Morgan fingerprint density at radius 2 is 1.89 bits per heavy atom. The number of nitrogens with zero attached hydrogens (tertiary/aromatic N) is 4. The maximum atomic E-state index is 11.7. The van der Waals surface area contributed by atoms with E-state index in [1.807, 2.05) is 6.92 Å². The molecule has 0 saturated carbocycles. The minimum atomic E-state index is -0.247. The van der Waals surface area contributed by atoms with E-state index in [2.05, 4.69) is 30.6 Å². The van der Waals surface area contributed by atoms with Crippen LogP contribution in [0.2, 0.25) is 0 Å². The van der Waals surface area contributed by atoms with E-state index in [9.17, 15) is 4.79 Å². The van der Waals surface area contributed by atoms with Crippen LogP contribution in [0.3, 0.4) is 0 Å². The Morgan fingerprint density at radius 1 is 1.11 bits per heavy atom. The second-order valence-electron chi connectivity index (χ2n) is 3.80. The first-order chi connectivity index (χ1) is 9.25. The fourth-order valence-corrected chi connectivity index (χ4v) is 1.34. The summed E-state index contributed by atoms with van der Waals surface area (Å²) in [6.45, 7) is 2.81. The van der Waals surface area contributed by atoms with Gasteiger partial charge in [0.25, 0.3) is 5.91 Å². The van der Waals surface area contributed by atoms with Gasteiger partial charge in [0.2, 0.25) is 5.95 Å². The number of carbonyl (C=O) groups excluding carboxylic acids is 1. The van der Waals surface area contributed by atoms with Crippen LogP contribution >= 0.6 is 0 Å². The van der Waals surface area contributed by atoms with Gasteiger partial charge in [-0.1, -0.05) is 0 Å². The molecule has 0 unspecified atom stereocenters. The molecule has 19 heavy (non-hydrogen) atoms. The average Bonchev–Trinajstić information content (AvgIpc) is 2.45. The number of rotatable bonds is 5. The molecule has 7 nitrogen and oxygen atoms in total. The number of aryl methyl sites for hydroxylation is 1. The summed E-state index contributed by atoms with van der Waals surface area (Å²) < 4.78 is 0. The number of hydrogen-bond acceptors (Lipinski definition) is 6. The first kappa shape index (κ1) is 12.9. The fourth-order valence-electron chi connectivity index (χ4n) is 1.34. The van der Waals surface area contributed by atoms with Crippen LogP contribution in [0.15, 0.2) is 30.9 Å². The van der Waals surface area contributed by atoms with Crippen LogP contribution in [-0.2, 0) is 0 Å². The van der Waals surface area contributed by atoms with Crippen molar-refractivity contribution in [3.63, 3.8) is 0 Å². The molecule has 2 heterocycles. The van der Waals surface area contributed by atoms with Crippen LogP contribution in [0.4, 0.5) is 5.95 Å². The van der Waals surface area contributed by atoms with Crippen molar-refractivity contribution in [3.05, 3.63) is 42.2 Å². The molecule has 0 bridgehead atoms. The molecule has 0 radical (unpaired) electrons. The summed E-state index contributed by atoms with van der Waals surface area (Å²) >= 11 is 0. The van der Waals surface area contributed by atoms with E-state index in [0.29, 0.717) is 24.7 Å². The van der Waals surface area contributed by atoms with Crippen LogP contribution < -0.4 is 10.6 Å². The van der Waals surface area contributed by atoms with Gasteiger partial charge >= 0.3 is 0 Å². The molecule has 0 fully saturated rings. The van der Waals surface area contributed by atoms with E-state index in [4.69, 9.17) is 0 Å². The molecule has 0 atom stereocenters. The quantitative estimate of drug-likeness (QED) is 0.755. The average molecular weight is 258 g/mol. The van der Waals surface area contributed by atoms with Gasteiger partial charge in [0, 0.05) is 31.7 Å². The van der Waals surface area contributed by atoms with E-state index in [0.717, 1.165) is 5.69 Å². The zero-order chi connectivity index (χ0) is 13.5. The Hall–Kier alpha value is -2.57. The van der Waals surface area contributed by atoms with Crippen LogP contribution in [0.5, 0.6) is 0 Å². The number of hydrogen-bond donors (Lipinski definition) is 2. The topological polar surface area (TPSA) is 92.7 Å². The minimum absolute atomic E-state index is 0.247. The van der Waals surface area contributed by atoms with Gasteiger partial charge in [-0.25, -0.2) is 15.0 Å². The molecule has 0 aliphatic heterocycles. The monoisotopic (exact) mass is 258 g/mol. The lowest BCUT2D eigenvalue weighted by atomic mass is 10.4. The van der Waals surface area contributed by atoms with Crippen LogP contribution in [0.1, 0.15) is 16.2 Å². The molecule has 2 N–H and O–H groups in total. The van der Waals surface area contributed by atoms with Crippen molar-refractivity contribution in [1.82, 2.24) is 25.3 Å². The van der Waals surface area contributed by atoms with Crippen molar-refractivity contribution in [1.29, 1.82) is 0 Å². The van der Waals surface area contributed by atoms with Gasteiger partial charge in [-0.2, -0.15) is 0 Å². The van der Waals surface area contributed by atoms with Gasteiger partial charge in [-0.3, -0.25) is 9.78 Å². The third kappa shape index (κ3) is 3.98. The summed E-state index contributed by atoms with van der Waals surface area (Å²) in [5.74, 6) is 0.287. The smallest absolute Gasteiger partial charge is 0.271 e. The second-order valence-corrected chi connectivity index (χ2v) is 3.80. The lowest BCUT2D eigenvalue weighted by molar-refractivity contribution is 0.0950. The summed E-state index contributed by atoms with van der Waals surface area (Å²) in [7, 11) is 0. The normalized spacial score (nSPS) is 9.95. The van der Waals surface area contributed by atoms with E-state index in [1.165, 1.54) is 6.20 Å². The standard InChI is InChI=1S/C12H14N6O/c1-9-7-18-10(8-17-9)11(19)13-5-6-16-12-14-3-2-4-15-12/h2-4,7-8H,5-6H2,1H3,(H,13,19)(H,14,15,16). The largest absolute Gasteiger partial charge is 0.352 e. The molecule has 0 spiro atoms. The lowest BCUT2D eigenvalue weighted by Gasteiger charge is -2.06. The van der Waals surface area contributed by atoms with Crippen molar-refractivity contribution in [2.45, 2.75) is 6.92 Å². The van der Waals surface area contributed by atoms with Crippen molar-refractivity contribution >= 4 is 11.9 Å². The highest BCUT2D eigenvalue weighted by atomic mass is 16.1. The first-order valence-corrected chi connectivity index (χ1v) is 5.83. The van der Waals surface area contributed by atoms with Crippen LogP contribution in [0, 0.1) is 6.92 Å². The summed E-state index contributed by atoms with van der Waals surface area (Å²) in [4.78, 5) is 27.7. The third-order valence-electron chi connectivity index (χ3n) is 2.27. The number of aromatic nitrogens is 4. The van der Waals surface area contributed by atoms with Gasteiger partial charge in [-0.05, 0) is 13.0 Å². The maximum absolute atomic E-state index is 11.7. The summed E-state index contributed by atoms with van der Waals surface area (Å²) in [6, 6.07) is 1.74. The van der Waals surface area contributed by atoms with Crippen molar-refractivity contribution in [2.75, 3.05) is 18.4 Å². The predicted octanol–water partition coefficient (Wildman–Crippen LogP) is 0.417. The SMILES string of the molecule is Cc1cnc(C(=O)NCCNc2ncccn2)cn1. The van der Waals surface area contributed by atoms with E-state index in [1.54, 1.807) is 24.7 Å². The summed E-state index contributed by atoms with van der Waals surface area (Å²) in [5, 5.41) is 5.72. The molecule has 7 heteroatoms. The number of amides is 1. The molecule has 1 amide bonds. The first-order valence-electron chi connectivity index (χ1n) is 5.83. The zero-order valence-corrected chi connectivity index (χ0v) is 10.5. The number of anilines is 1. The van der Waals surface area contributed by atoms with Gasteiger partial charge in [0.15, 0.2) is 0 Å². The summed E-state index contributed by atoms with van der Waals surface area (Å²) in [6.07, 6.45) is 6.31. The Morgan fingerprint density at radius 3 is 2.58 bits per heavy atom. The van der Waals surface area contributed by atoms with Crippen LogP contribution in [-0.4, -0.2) is 38.9 Å². The third-order valence-corrected chi connectivity index (χ3v) is 2.27. The number of nitrogens with one attached hydrogen (secondary N) is 2. The van der Waals surface area contributed by atoms with Gasteiger partial charge < -0.3 is 10.6 Å². The predicted molar refractivity (Wildman–Crippen MR) is 69.6 cm³/mol. The molecule has 98 valence electrons.